The molecular formula is C14H17N3O3S. The highest BCUT2D eigenvalue weighted by molar-refractivity contribution is 7.92. The number of sulfonamides is 1. The van der Waals surface area contributed by atoms with Crippen LogP contribution in [0.5, 0.6) is 0 Å². The highest BCUT2D eigenvalue weighted by Crippen LogP contribution is 2.29. The first-order chi connectivity index (χ1) is 10.1. The van der Waals surface area contributed by atoms with Gasteiger partial charge in [-0.15, -0.1) is 0 Å². The maximum Gasteiger partial charge on any atom is 0.279 e. The molecule has 2 aromatic rings. The van der Waals surface area contributed by atoms with Crippen molar-refractivity contribution >= 4 is 15.7 Å². The Balaban J connectivity index is 1.97. The van der Waals surface area contributed by atoms with Crippen molar-refractivity contribution in [3.05, 3.63) is 41.1 Å². The topological polar surface area (TPSA) is 95.1 Å². The number of nitrogens with zero attached hydrogens (tertiary/aromatic N) is 1. The Hall–Kier alpha value is -1.86. The van der Waals surface area contributed by atoms with Gasteiger partial charge in [0.25, 0.3) is 10.0 Å². The fourth-order valence-corrected chi connectivity index (χ4v) is 3.94. The van der Waals surface area contributed by atoms with Crippen molar-refractivity contribution in [1.82, 2.24) is 10.2 Å². The van der Waals surface area contributed by atoms with E-state index in [2.05, 4.69) is 14.9 Å². The molecule has 7 heteroatoms. The number of H-pyrrole nitrogens is 1. The third kappa shape index (κ3) is 2.66. The summed E-state index contributed by atoms with van der Waals surface area (Å²) in [7, 11) is -3.77. The number of aryl methyl sites for hydroxylation is 1. The number of aromatic nitrogens is 2. The Kier molecular flexibility index (Phi) is 3.69. The van der Waals surface area contributed by atoms with Crippen LogP contribution in [0.1, 0.15) is 29.5 Å². The zero-order valence-electron chi connectivity index (χ0n) is 11.5. The molecule has 0 saturated heterocycles. The zero-order chi connectivity index (χ0) is 14.9. The summed E-state index contributed by atoms with van der Waals surface area (Å²) in [6.07, 6.45) is 5.38. The molecule has 0 atom stereocenters. The smallest absolute Gasteiger partial charge is 0.279 e. The lowest BCUT2D eigenvalue weighted by atomic mass is 9.91. The molecule has 0 unspecified atom stereocenters. The molecule has 1 aliphatic carbocycles. The van der Waals surface area contributed by atoms with Crippen molar-refractivity contribution in [2.45, 2.75) is 37.3 Å². The first kappa shape index (κ1) is 14.1. The predicted molar refractivity (Wildman–Crippen MR) is 78.4 cm³/mol. The number of aliphatic hydroxyl groups is 1. The quantitative estimate of drug-likeness (QED) is 0.799. The van der Waals surface area contributed by atoms with E-state index in [0.717, 1.165) is 31.2 Å². The van der Waals surface area contributed by atoms with Crippen LogP contribution in [0, 0.1) is 0 Å². The molecule has 0 amide bonds. The summed E-state index contributed by atoms with van der Waals surface area (Å²) in [6, 6.07) is 5.68. The largest absolute Gasteiger partial charge is 0.392 e. The van der Waals surface area contributed by atoms with E-state index in [-0.39, 0.29) is 17.2 Å². The number of fused-ring (bicyclic) bond motifs is 1. The van der Waals surface area contributed by atoms with Crippen molar-refractivity contribution in [1.29, 1.82) is 0 Å². The number of benzene rings is 1. The molecule has 21 heavy (non-hydrogen) atoms. The number of aromatic amines is 1. The number of anilines is 1. The summed E-state index contributed by atoms with van der Waals surface area (Å²) in [6.45, 7) is -0.375. The number of aliphatic hydroxyl groups excluding tert-OH is 1. The molecule has 1 aliphatic rings. The van der Waals surface area contributed by atoms with Crippen molar-refractivity contribution in [3.63, 3.8) is 0 Å². The molecule has 3 rings (SSSR count). The molecule has 1 aromatic carbocycles. The average molecular weight is 307 g/mol. The van der Waals surface area contributed by atoms with Crippen LogP contribution in [0.2, 0.25) is 0 Å². The molecule has 3 N–H and O–H groups in total. The molecule has 0 fully saturated rings. The van der Waals surface area contributed by atoms with Gasteiger partial charge in [0.1, 0.15) is 0 Å². The second-order valence-corrected chi connectivity index (χ2v) is 6.76. The van der Waals surface area contributed by atoms with Crippen LogP contribution in [-0.2, 0) is 29.5 Å². The summed E-state index contributed by atoms with van der Waals surface area (Å²) in [5.41, 5.74) is 3.14. The summed E-state index contributed by atoms with van der Waals surface area (Å²) in [4.78, 5) is 0. The van der Waals surface area contributed by atoms with Crippen LogP contribution in [0.25, 0.3) is 0 Å². The molecule has 0 aliphatic heterocycles. The lowest BCUT2D eigenvalue weighted by Crippen LogP contribution is -2.17. The number of rotatable bonds is 4. The van der Waals surface area contributed by atoms with E-state index in [1.165, 1.54) is 11.8 Å². The van der Waals surface area contributed by atoms with Gasteiger partial charge in [0.2, 0.25) is 0 Å². The molecule has 6 nitrogen and oxygen atoms in total. The number of hydrogen-bond donors (Lipinski definition) is 3. The van der Waals surface area contributed by atoms with Gasteiger partial charge in [-0.2, -0.15) is 13.5 Å². The van der Waals surface area contributed by atoms with Gasteiger partial charge in [0.05, 0.1) is 18.5 Å². The minimum Gasteiger partial charge on any atom is -0.392 e. The third-order valence-corrected chi connectivity index (χ3v) is 5.14. The van der Waals surface area contributed by atoms with Crippen LogP contribution in [0.4, 0.5) is 5.69 Å². The van der Waals surface area contributed by atoms with Crippen molar-refractivity contribution in [2.75, 3.05) is 4.72 Å². The van der Waals surface area contributed by atoms with Gasteiger partial charge < -0.3 is 5.11 Å². The second kappa shape index (κ2) is 5.50. The van der Waals surface area contributed by atoms with Gasteiger partial charge in [-0.05, 0) is 42.9 Å². The molecule has 0 spiro atoms. The van der Waals surface area contributed by atoms with E-state index in [4.69, 9.17) is 0 Å². The average Bonchev–Trinajstić information content (AvgIpc) is 2.97. The predicted octanol–water partition coefficient (Wildman–Crippen LogP) is 1.58. The van der Waals surface area contributed by atoms with Gasteiger partial charge in [-0.25, -0.2) is 0 Å². The molecule has 0 saturated carbocycles. The summed E-state index contributed by atoms with van der Waals surface area (Å²) in [5.74, 6) is 0. The fourth-order valence-electron chi connectivity index (χ4n) is 2.72. The summed E-state index contributed by atoms with van der Waals surface area (Å²) < 4.78 is 27.5. The Morgan fingerprint density at radius 3 is 2.90 bits per heavy atom. The maximum absolute atomic E-state index is 12.4. The van der Waals surface area contributed by atoms with Gasteiger partial charge in [0.15, 0.2) is 5.03 Å². The Bertz CT molecular complexity index is 753. The van der Waals surface area contributed by atoms with Crippen LogP contribution in [0.3, 0.4) is 0 Å². The van der Waals surface area contributed by atoms with E-state index < -0.39 is 10.0 Å². The van der Waals surface area contributed by atoms with Crippen LogP contribution in [-0.4, -0.2) is 23.7 Å². The Morgan fingerprint density at radius 1 is 1.29 bits per heavy atom. The van der Waals surface area contributed by atoms with E-state index in [1.54, 1.807) is 6.07 Å². The van der Waals surface area contributed by atoms with E-state index in [9.17, 15) is 13.5 Å². The van der Waals surface area contributed by atoms with Gasteiger partial charge >= 0.3 is 0 Å². The third-order valence-electron chi connectivity index (χ3n) is 3.76. The second-order valence-electron chi connectivity index (χ2n) is 5.14. The molecule has 1 aromatic heterocycles. The zero-order valence-corrected chi connectivity index (χ0v) is 12.3. The van der Waals surface area contributed by atoms with E-state index in [1.807, 2.05) is 12.1 Å². The Morgan fingerprint density at radius 2 is 2.10 bits per heavy atom. The standard InChI is InChI=1S/C14H17N3O3S/c18-9-11-8-15-16-14(11)21(19,20)17-13-7-3-5-10-4-1-2-6-12(10)13/h3,5,7-8,17-18H,1-2,4,6,9H2,(H,15,16). The minimum absolute atomic E-state index is 0.0848. The summed E-state index contributed by atoms with van der Waals surface area (Å²) >= 11 is 0. The van der Waals surface area contributed by atoms with Crippen LogP contribution in [0.15, 0.2) is 29.4 Å². The maximum atomic E-state index is 12.4. The van der Waals surface area contributed by atoms with Crippen molar-refractivity contribution in [2.24, 2.45) is 0 Å². The lowest BCUT2D eigenvalue weighted by Gasteiger charge is -2.20. The number of hydrogen-bond acceptors (Lipinski definition) is 4. The molecule has 112 valence electrons. The first-order valence-electron chi connectivity index (χ1n) is 6.88. The first-order valence-corrected chi connectivity index (χ1v) is 8.37. The van der Waals surface area contributed by atoms with E-state index in [0.29, 0.717) is 5.69 Å². The van der Waals surface area contributed by atoms with Crippen LogP contribution >= 0.6 is 0 Å². The highest BCUT2D eigenvalue weighted by atomic mass is 32.2. The molecular weight excluding hydrogens is 290 g/mol. The molecule has 0 radical (unpaired) electrons. The fraction of sp³-hybridized carbons (Fsp3) is 0.357. The van der Waals surface area contributed by atoms with Gasteiger partial charge in [-0.1, -0.05) is 12.1 Å². The molecule has 0 bridgehead atoms. The van der Waals surface area contributed by atoms with Crippen molar-refractivity contribution < 1.29 is 13.5 Å². The van der Waals surface area contributed by atoms with Gasteiger partial charge in [0, 0.05) is 5.56 Å². The van der Waals surface area contributed by atoms with Crippen molar-refractivity contribution in [3.8, 4) is 0 Å². The van der Waals surface area contributed by atoms with Crippen LogP contribution < -0.4 is 4.72 Å². The molecule has 1 heterocycles. The SMILES string of the molecule is O=S(=O)(Nc1cccc2c1CCCC2)c1[nH]ncc1CO. The highest BCUT2D eigenvalue weighted by Gasteiger charge is 2.23. The lowest BCUT2D eigenvalue weighted by molar-refractivity contribution is 0.278. The number of nitrogens with one attached hydrogen (secondary N) is 2. The normalized spacial score (nSPS) is 14.7. The van der Waals surface area contributed by atoms with Gasteiger partial charge in [-0.3, -0.25) is 9.82 Å². The van der Waals surface area contributed by atoms with E-state index >= 15 is 0 Å². The summed E-state index contributed by atoms with van der Waals surface area (Å²) in [5, 5.41) is 15.2. The monoisotopic (exact) mass is 307 g/mol. The minimum atomic E-state index is -3.77. The Labute approximate surface area is 123 Å².